The quantitative estimate of drug-likeness (QED) is 0.0145. The molecule has 8 atom stereocenters. The van der Waals surface area contributed by atoms with E-state index in [1.807, 2.05) is 0 Å². The van der Waals surface area contributed by atoms with E-state index in [-0.39, 0.29) is 12.8 Å². The minimum atomic E-state index is -5.13. The highest BCUT2D eigenvalue weighted by Gasteiger charge is 2.51. The first-order chi connectivity index (χ1) is 32.9. The molecule has 0 heterocycles. The first-order valence-electron chi connectivity index (χ1n) is 26.9. The van der Waals surface area contributed by atoms with E-state index in [1.54, 1.807) is 0 Å². The Labute approximate surface area is 411 Å². The molecule has 0 aliphatic heterocycles. The summed E-state index contributed by atoms with van der Waals surface area (Å²) >= 11 is 0. The lowest BCUT2D eigenvalue weighted by molar-refractivity contribution is -0.220. The van der Waals surface area contributed by atoms with Crippen molar-refractivity contribution in [1.29, 1.82) is 0 Å². The molecule has 1 aliphatic carbocycles. The van der Waals surface area contributed by atoms with E-state index in [0.29, 0.717) is 12.8 Å². The number of unbranched alkanes of at least 4 members (excludes halogenated alkanes) is 25. The smallest absolute Gasteiger partial charge is 0.462 e. The van der Waals surface area contributed by atoms with Gasteiger partial charge in [-0.05, 0) is 57.8 Å². The number of allylic oxidation sites excluding steroid dienone is 8. The van der Waals surface area contributed by atoms with Crippen LogP contribution >= 0.6 is 7.82 Å². The van der Waals surface area contributed by atoms with Crippen LogP contribution in [0.5, 0.6) is 0 Å². The van der Waals surface area contributed by atoms with Gasteiger partial charge in [0.05, 0.1) is 6.61 Å². The van der Waals surface area contributed by atoms with Crippen molar-refractivity contribution >= 4 is 19.8 Å². The summed E-state index contributed by atoms with van der Waals surface area (Å²) in [5, 5.41) is 50.3. The second-order valence-corrected chi connectivity index (χ2v) is 20.1. The second-order valence-electron chi connectivity index (χ2n) is 18.7. The van der Waals surface area contributed by atoms with Gasteiger partial charge in [0.15, 0.2) is 6.10 Å². The van der Waals surface area contributed by atoms with E-state index in [1.165, 1.54) is 122 Å². The molecule has 1 aliphatic rings. The zero-order valence-electron chi connectivity index (χ0n) is 42.4. The fourth-order valence-electron chi connectivity index (χ4n) is 8.10. The largest absolute Gasteiger partial charge is 0.472 e. The zero-order valence-corrected chi connectivity index (χ0v) is 43.3. The maximum absolute atomic E-state index is 12.9. The summed E-state index contributed by atoms with van der Waals surface area (Å²) < 4.78 is 33.7. The highest BCUT2D eigenvalue weighted by molar-refractivity contribution is 7.47. The molecule has 1 fully saturated rings. The zero-order chi connectivity index (χ0) is 49.9. The molecular weight excluding hydrogens is 888 g/mol. The maximum Gasteiger partial charge on any atom is 0.472 e. The Balaban J connectivity index is 2.40. The van der Waals surface area contributed by atoms with Crippen LogP contribution in [0.25, 0.3) is 0 Å². The molecule has 68 heavy (non-hydrogen) atoms. The van der Waals surface area contributed by atoms with Crippen LogP contribution in [0, 0.1) is 0 Å². The molecule has 0 aromatic heterocycles. The number of hydrogen-bond donors (Lipinski definition) is 6. The van der Waals surface area contributed by atoms with Crippen LogP contribution in [-0.4, -0.2) is 98.3 Å². The maximum atomic E-state index is 12.9. The number of carbonyl (C=O) groups is 2. The number of aliphatic hydroxyl groups is 5. The molecule has 1 saturated carbocycles. The van der Waals surface area contributed by atoms with Gasteiger partial charge in [-0.3, -0.25) is 18.6 Å². The monoisotopic (exact) mass is 985 g/mol. The summed E-state index contributed by atoms with van der Waals surface area (Å²) in [5.74, 6) is -1.13. The van der Waals surface area contributed by atoms with Gasteiger partial charge < -0.3 is 39.9 Å². The van der Waals surface area contributed by atoms with Gasteiger partial charge in [0.25, 0.3) is 0 Å². The second kappa shape index (κ2) is 43.6. The number of phosphoric ester groups is 1. The molecular formula is C54H97O13P. The predicted octanol–water partition coefficient (Wildman–Crippen LogP) is 11.9. The van der Waals surface area contributed by atoms with Crippen LogP contribution in [0.1, 0.15) is 226 Å². The molecule has 0 amide bonds. The minimum absolute atomic E-state index is 0.0598. The number of esters is 2. The molecule has 0 saturated heterocycles. The van der Waals surface area contributed by atoms with Crippen molar-refractivity contribution in [1.82, 2.24) is 0 Å². The van der Waals surface area contributed by atoms with Crippen LogP contribution in [-0.2, 0) is 32.7 Å². The standard InChI is InChI=1S/C54H97O13P/c1-3-5-7-9-11-13-15-17-19-21-23-25-26-28-30-32-34-36-38-40-42-47(55)64-44-46(45-65-68(62,63)67-54-52(60)50(58)49(57)51(59)53(54)61)66-48(56)43-41-39-37-35-33-31-29-27-24-22-20-18-16-14-12-10-8-6-4-2/h12,14,18,20,24,27,31,33,46,49-54,57-61H,3-11,13,15-17,19,21-23,25-26,28-30,32,34-45H2,1-2H3,(H,62,63)/b14-12+,20-18+,27-24+,33-31+/t46-,49?,50-,51?,52?,53?,54?/m0/s1. The number of carbonyl (C=O) groups excluding carboxylic acids is 2. The molecule has 14 heteroatoms. The van der Waals surface area contributed by atoms with Gasteiger partial charge in [-0.15, -0.1) is 0 Å². The molecule has 6 N–H and O–H groups in total. The molecule has 0 radical (unpaired) electrons. The highest BCUT2D eigenvalue weighted by Crippen LogP contribution is 2.47. The lowest BCUT2D eigenvalue weighted by atomic mass is 9.85. The molecule has 6 unspecified atom stereocenters. The molecule has 0 spiro atoms. The van der Waals surface area contributed by atoms with E-state index in [9.17, 15) is 44.6 Å². The van der Waals surface area contributed by atoms with Crippen molar-refractivity contribution in [2.45, 2.75) is 268 Å². The number of rotatable bonds is 45. The fourth-order valence-corrected chi connectivity index (χ4v) is 9.07. The Kier molecular flexibility index (Phi) is 40.9. The molecule has 0 aromatic rings. The SMILES string of the molecule is CCCCC/C=C/C/C=C/C/C=C/C/C=C/CCCCCC(=O)O[C@@H](COC(=O)CCCCCCCCCCCCCCCCCCCCCC)COP(=O)(O)OC1C(O)C(O)C(O)[C@H](O)C1O. The lowest BCUT2D eigenvalue weighted by Gasteiger charge is -2.41. The van der Waals surface area contributed by atoms with Crippen LogP contribution in [0.15, 0.2) is 48.6 Å². The van der Waals surface area contributed by atoms with E-state index in [0.717, 1.165) is 64.2 Å². The Morgan fingerprint density at radius 3 is 1.24 bits per heavy atom. The highest BCUT2D eigenvalue weighted by atomic mass is 31.2. The summed E-state index contributed by atoms with van der Waals surface area (Å²) in [7, 11) is -5.13. The normalized spacial score (nSPS) is 21.4. The average molecular weight is 985 g/mol. The first kappa shape index (κ1) is 63.8. The van der Waals surface area contributed by atoms with Gasteiger partial charge in [-0.1, -0.05) is 204 Å². The predicted molar refractivity (Wildman–Crippen MR) is 272 cm³/mol. The van der Waals surface area contributed by atoms with Gasteiger partial charge in [-0.2, -0.15) is 0 Å². The lowest BCUT2D eigenvalue weighted by Crippen LogP contribution is -2.64. The Hall–Kier alpha value is -2.19. The van der Waals surface area contributed by atoms with E-state index < -0.39 is 75.7 Å². The van der Waals surface area contributed by atoms with Crippen molar-refractivity contribution in [2.75, 3.05) is 13.2 Å². The van der Waals surface area contributed by atoms with Gasteiger partial charge in [0, 0.05) is 12.8 Å². The Morgan fingerprint density at radius 1 is 0.456 bits per heavy atom. The molecule has 0 aromatic carbocycles. The van der Waals surface area contributed by atoms with Crippen molar-refractivity contribution in [2.24, 2.45) is 0 Å². The summed E-state index contributed by atoms with van der Waals surface area (Å²) in [6.45, 7) is 3.28. The van der Waals surface area contributed by atoms with Crippen LogP contribution in [0.3, 0.4) is 0 Å². The first-order valence-corrected chi connectivity index (χ1v) is 28.4. The van der Waals surface area contributed by atoms with Crippen molar-refractivity contribution < 1.29 is 63.1 Å². The van der Waals surface area contributed by atoms with Crippen molar-refractivity contribution in [3.63, 3.8) is 0 Å². The van der Waals surface area contributed by atoms with Crippen molar-refractivity contribution in [3.8, 4) is 0 Å². The summed E-state index contributed by atoms with van der Waals surface area (Å²) in [4.78, 5) is 35.9. The molecule has 13 nitrogen and oxygen atoms in total. The third kappa shape index (κ3) is 35.0. The Morgan fingerprint density at radius 2 is 0.794 bits per heavy atom. The van der Waals surface area contributed by atoms with Gasteiger partial charge in [0.1, 0.15) is 43.2 Å². The number of ether oxygens (including phenoxy) is 2. The third-order valence-corrected chi connectivity index (χ3v) is 13.4. The topological polar surface area (TPSA) is 210 Å². The van der Waals surface area contributed by atoms with Gasteiger partial charge >= 0.3 is 19.8 Å². The van der Waals surface area contributed by atoms with E-state index in [4.69, 9.17) is 18.5 Å². The average Bonchev–Trinajstić information content (AvgIpc) is 3.32. The summed E-state index contributed by atoms with van der Waals surface area (Å²) in [5.41, 5.74) is 0. The molecule has 396 valence electrons. The van der Waals surface area contributed by atoms with Crippen LogP contribution in [0.2, 0.25) is 0 Å². The number of hydrogen-bond acceptors (Lipinski definition) is 12. The summed E-state index contributed by atoms with van der Waals surface area (Å²) in [6.07, 6.45) is 40.1. The van der Waals surface area contributed by atoms with Gasteiger partial charge in [-0.25, -0.2) is 4.57 Å². The number of phosphoric acid groups is 1. The minimum Gasteiger partial charge on any atom is -0.462 e. The van der Waals surface area contributed by atoms with E-state index in [2.05, 4.69) is 62.5 Å². The fraction of sp³-hybridized carbons (Fsp3) is 0.815. The van der Waals surface area contributed by atoms with Crippen molar-refractivity contribution in [3.05, 3.63) is 48.6 Å². The third-order valence-electron chi connectivity index (χ3n) is 12.4. The summed E-state index contributed by atoms with van der Waals surface area (Å²) in [6, 6.07) is 0. The molecule has 1 rings (SSSR count). The van der Waals surface area contributed by atoms with Crippen LogP contribution in [0.4, 0.5) is 0 Å². The molecule has 0 bridgehead atoms. The van der Waals surface area contributed by atoms with E-state index >= 15 is 0 Å². The Bertz CT molecular complexity index is 1370. The van der Waals surface area contributed by atoms with Gasteiger partial charge in [0.2, 0.25) is 0 Å². The number of aliphatic hydroxyl groups excluding tert-OH is 5. The van der Waals surface area contributed by atoms with Crippen LogP contribution < -0.4 is 0 Å².